The van der Waals surface area contributed by atoms with Crippen LogP contribution in [0.5, 0.6) is 0 Å². The molecule has 0 heterocycles. The fraction of sp³-hybridized carbons (Fsp3) is 0.667. The summed E-state index contributed by atoms with van der Waals surface area (Å²) >= 11 is 23.7. The summed E-state index contributed by atoms with van der Waals surface area (Å²) < 4.78 is -0.357. The molecular formula is C12H17Cl4NO2S. The van der Waals surface area contributed by atoms with Crippen LogP contribution in [-0.4, -0.2) is 10.7 Å². The summed E-state index contributed by atoms with van der Waals surface area (Å²) in [6.07, 6.45) is 6.89. The van der Waals surface area contributed by atoms with E-state index in [1.54, 1.807) is 0 Å². The molecule has 0 aliphatic carbocycles. The topological polar surface area (TPSA) is 43.1 Å². The Balaban J connectivity index is 4.32. The van der Waals surface area contributed by atoms with Crippen LogP contribution in [0.3, 0.4) is 0 Å². The first-order valence-corrected chi connectivity index (χ1v) is 8.79. The zero-order valence-corrected chi connectivity index (χ0v) is 15.0. The normalized spacial score (nSPS) is 12.1. The third-order valence-electron chi connectivity index (χ3n) is 2.47. The van der Waals surface area contributed by atoms with E-state index < -0.39 is 10.6 Å². The molecule has 0 atom stereocenters. The highest BCUT2D eigenvalue weighted by molar-refractivity contribution is 8.04. The second kappa shape index (κ2) is 12.0. The van der Waals surface area contributed by atoms with E-state index in [1.807, 2.05) is 0 Å². The largest absolute Gasteiger partial charge is 0.315 e. The Bertz CT molecular complexity index is 382. The van der Waals surface area contributed by atoms with Crippen molar-refractivity contribution in [3.8, 4) is 0 Å². The average molecular weight is 381 g/mol. The Kier molecular flexibility index (Phi) is 12.2. The minimum atomic E-state index is -0.677. The predicted molar refractivity (Wildman–Crippen MR) is 90.3 cm³/mol. The molecule has 0 aromatic heterocycles. The number of hydrogen-bond donors (Lipinski definition) is 0. The number of thioether (sulfide) groups is 1. The van der Waals surface area contributed by atoms with Crippen molar-refractivity contribution >= 4 is 58.2 Å². The molecule has 3 nitrogen and oxygen atoms in total. The Hall–Kier alpha value is 0.390. The Labute approximate surface area is 143 Å². The summed E-state index contributed by atoms with van der Waals surface area (Å²) in [7, 11) is 0. The molecule has 0 saturated carbocycles. The summed E-state index contributed by atoms with van der Waals surface area (Å²) in [5, 5.41) is 10.6. The molecule has 0 saturated heterocycles. The van der Waals surface area contributed by atoms with Crippen molar-refractivity contribution in [2.24, 2.45) is 0 Å². The molecule has 0 aromatic carbocycles. The van der Waals surface area contributed by atoms with Gasteiger partial charge in [0.25, 0.3) is 0 Å². The van der Waals surface area contributed by atoms with Crippen molar-refractivity contribution in [1.82, 2.24) is 0 Å². The zero-order valence-electron chi connectivity index (χ0n) is 11.1. The number of allylic oxidation sites excluding steroid dienone is 1. The molecule has 0 N–H and O–H groups in total. The van der Waals surface area contributed by atoms with Crippen LogP contribution in [0.15, 0.2) is 19.6 Å². The van der Waals surface area contributed by atoms with Gasteiger partial charge in [-0.15, -0.1) is 11.8 Å². The molecule has 0 spiro atoms. The van der Waals surface area contributed by atoms with E-state index in [0.717, 1.165) is 12.8 Å². The number of nitro groups is 1. The van der Waals surface area contributed by atoms with Crippen LogP contribution in [0.2, 0.25) is 0 Å². The molecule has 0 rings (SSSR count). The highest BCUT2D eigenvalue weighted by atomic mass is 35.5. The number of rotatable bonds is 10. The SMILES string of the molecule is CCCCCCCCS/C(Cl)=C(/C(Cl)=C(Cl)Cl)[N+](=O)[O-]. The van der Waals surface area contributed by atoms with E-state index in [0.29, 0.717) is 5.75 Å². The molecule has 0 radical (unpaired) electrons. The minimum Gasteiger partial charge on any atom is -0.258 e. The van der Waals surface area contributed by atoms with Crippen molar-refractivity contribution in [2.75, 3.05) is 5.75 Å². The first-order chi connectivity index (χ1) is 9.41. The van der Waals surface area contributed by atoms with Gasteiger partial charge in [0.2, 0.25) is 0 Å². The molecule has 0 aliphatic heterocycles. The minimum absolute atomic E-state index is 0.00681. The monoisotopic (exact) mass is 379 g/mol. The first kappa shape index (κ1) is 20.4. The van der Waals surface area contributed by atoms with Gasteiger partial charge in [0.15, 0.2) is 9.40 Å². The molecule has 0 amide bonds. The maximum absolute atomic E-state index is 10.9. The summed E-state index contributed by atoms with van der Waals surface area (Å²) in [6.45, 7) is 2.17. The van der Waals surface area contributed by atoms with E-state index in [-0.39, 0.29) is 13.9 Å². The molecule has 0 bridgehead atoms. The van der Waals surface area contributed by atoms with E-state index in [1.165, 1.54) is 37.4 Å². The predicted octanol–water partition coefficient (Wildman–Crippen LogP) is 6.65. The second-order valence-corrected chi connectivity index (χ2v) is 7.10. The van der Waals surface area contributed by atoms with E-state index >= 15 is 0 Å². The van der Waals surface area contributed by atoms with Crippen molar-refractivity contribution < 1.29 is 4.92 Å². The van der Waals surface area contributed by atoms with Crippen molar-refractivity contribution in [2.45, 2.75) is 45.4 Å². The molecule has 0 unspecified atom stereocenters. The summed E-state index contributed by atoms with van der Waals surface area (Å²) in [4.78, 5) is 10.2. The maximum atomic E-state index is 10.9. The van der Waals surface area contributed by atoms with Gasteiger partial charge in [0.05, 0.1) is 4.92 Å². The van der Waals surface area contributed by atoms with Gasteiger partial charge in [0.1, 0.15) is 4.49 Å². The lowest BCUT2D eigenvalue weighted by Crippen LogP contribution is -2.01. The van der Waals surface area contributed by atoms with Crippen molar-refractivity contribution in [3.05, 3.63) is 29.7 Å². The molecule has 0 aromatic rings. The lowest BCUT2D eigenvalue weighted by Gasteiger charge is -2.03. The number of nitrogens with zero attached hydrogens (tertiary/aromatic N) is 1. The third-order valence-corrected chi connectivity index (χ3v) is 4.85. The Morgan fingerprint density at radius 3 is 2.10 bits per heavy atom. The highest BCUT2D eigenvalue weighted by Gasteiger charge is 2.24. The summed E-state index contributed by atoms with van der Waals surface area (Å²) in [5.41, 5.74) is -0.440. The van der Waals surface area contributed by atoms with Gasteiger partial charge in [0, 0.05) is 0 Å². The fourth-order valence-corrected chi connectivity index (χ4v) is 3.12. The molecule has 8 heteroatoms. The molecule has 20 heavy (non-hydrogen) atoms. The zero-order chi connectivity index (χ0) is 15.5. The number of halogens is 4. The van der Waals surface area contributed by atoms with E-state index in [9.17, 15) is 10.1 Å². The van der Waals surface area contributed by atoms with Gasteiger partial charge in [-0.05, 0) is 12.2 Å². The van der Waals surface area contributed by atoms with Gasteiger partial charge in [-0.3, -0.25) is 10.1 Å². The van der Waals surface area contributed by atoms with Gasteiger partial charge >= 0.3 is 5.70 Å². The standard InChI is InChI=1S/C12H17Cl4NO2S/c1-2-3-4-5-6-7-8-20-12(16)10(17(18)19)9(13)11(14)15/h2-8H2,1H3/b12-10-. The quantitative estimate of drug-likeness (QED) is 0.184. The molecule has 0 aliphatic rings. The van der Waals surface area contributed by atoms with E-state index in [2.05, 4.69) is 6.92 Å². The lowest BCUT2D eigenvalue weighted by molar-refractivity contribution is -0.419. The van der Waals surface area contributed by atoms with Gasteiger partial charge in [-0.1, -0.05) is 85.4 Å². The maximum Gasteiger partial charge on any atom is 0.315 e. The Morgan fingerprint density at radius 1 is 1.05 bits per heavy atom. The van der Waals surface area contributed by atoms with Crippen LogP contribution < -0.4 is 0 Å². The number of hydrogen-bond acceptors (Lipinski definition) is 3. The van der Waals surface area contributed by atoms with Crippen molar-refractivity contribution in [1.29, 1.82) is 0 Å². The van der Waals surface area contributed by atoms with Crippen LogP contribution in [0.25, 0.3) is 0 Å². The first-order valence-electron chi connectivity index (χ1n) is 6.29. The molecule has 0 fully saturated rings. The fourth-order valence-electron chi connectivity index (χ4n) is 1.44. The molecular weight excluding hydrogens is 364 g/mol. The van der Waals surface area contributed by atoms with Crippen LogP contribution >= 0.6 is 58.2 Å². The van der Waals surface area contributed by atoms with Crippen molar-refractivity contribution in [3.63, 3.8) is 0 Å². The number of unbranched alkanes of at least 4 members (excludes halogenated alkanes) is 5. The Morgan fingerprint density at radius 2 is 1.60 bits per heavy atom. The van der Waals surface area contributed by atoms with Crippen LogP contribution in [0.1, 0.15) is 45.4 Å². The lowest BCUT2D eigenvalue weighted by atomic mass is 10.1. The van der Waals surface area contributed by atoms with Gasteiger partial charge < -0.3 is 0 Å². The second-order valence-electron chi connectivity index (χ2n) is 4.07. The highest BCUT2D eigenvalue weighted by Crippen LogP contribution is 2.34. The van der Waals surface area contributed by atoms with Gasteiger partial charge in [-0.25, -0.2) is 0 Å². The van der Waals surface area contributed by atoms with Crippen LogP contribution in [0.4, 0.5) is 0 Å². The molecule has 116 valence electrons. The van der Waals surface area contributed by atoms with Crippen LogP contribution in [0, 0.1) is 10.1 Å². The van der Waals surface area contributed by atoms with Gasteiger partial charge in [-0.2, -0.15) is 0 Å². The van der Waals surface area contributed by atoms with Crippen LogP contribution in [-0.2, 0) is 0 Å². The summed E-state index contributed by atoms with van der Waals surface area (Å²) in [5.74, 6) is 0.701. The average Bonchev–Trinajstić information content (AvgIpc) is 2.37. The summed E-state index contributed by atoms with van der Waals surface area (Å²) in [6, 6.07) is 0. The third kappa shape index (κ3) is 8.63. The van der Waals surface area contributed by atoms with E-state index in [4.69, 9.17) is 46.4 Å². The smallest absolute Gasteiger partial charge is 0.258 e.